The lowest BCUT2D eigenvalue weighted by Gasteiger charge is -2.32. The Balaban J connectivity index is 2.21. The molecule has 3 nitrogen and oxygen atoms in total. The van der Waals surface area contributed by atoms with Crippen molar-refractivity contribution in [2.45, 2.75) is 46.1 Å². The highest BCUT2D eigenvalue weighted by molar-refractivity contribution is 5.43. The molecular formula is C16H27N3. The fourth-order valence-electron chi connectivity index (χ4n) is 2.88. The first kappa shape index (κ1) is 14.3. The van der Waals surface area contributed by atoms with Gasteiger partial charge in [0.1, 0.15) is 5.82 Å². The average molecular weight is 261 g/mol. The van der Waals surface area contributed by atoms with E-state index in [9.17, 15) is 0 Å². The van der Waals surface area contributed by atoms with Gasteiger partial charge >= 0.3 is 0 Å². The van der Waals surface area contributed by atoms with Gasteiger partial charge in [-0.25, -0.2) is 4.98 Å². The number of aromatic nitrogens is 1. The Labute approximate surface area is 117 Å². The second-order valence-corrected chi connectivity index (χ2v) is 5.80. The van der Waals surface area contributed by atoms with Gasteiger partial charge in [0.25, 0.3) is 0 Å². The smallest absolute Gasteiger partial charge is 0.129 e. The molecule has 1 aliphatic heterocycles. The Hall–Kier alpha value is -1.09. The highest BCUT2D eigenvalue weighted by atomic mass is 15.2. The van der Waals surface area contributed by atoms with Crippen molar-refractivity contribution < 1.29 is 0 Å². The van der Waals surface area contributed by atoms with Gasteiger partial charge < -0.3 is 10.2 Å². The van der Waals surface area contributed by atoms with Crippen LogP contribution in [0.5, 0.6) is 0 Å². The lowest BCUT2D eigenvalue weighted by Crippen LogP contribution is -2.35. The molecule has 3 heteroatoms. The molecule has 0 bridgehead atoms. The summed E-state index contributed by atoms with van der Waals surface area (Å²) in [6.45, 7) is 7.80. The number of hydrogen-bond donors (Lipinski definition) is 1. The van der Waals surface area contributed by atoms with Gasteiger partial charge in [-0.05, 0) is 49.9 Å². The summed E-state index contributed by atoms with van der Waals surface area (Å²) >= 11 is 0. The van der Waals surface area contributed by atoms with Gasteiger partial charge in [0.15, 0.2) is 0 Å². The fourth-order valence-corrected chi connectivity index (χ4v) is 2.88. The molecule has 19 heavy (non-hydrogen) atoms. The molecule has 1 unspecified atom stereocenters. The second kappa shape index (κ2) is 6.90. The summed E-state index contributed by atoms with van der Waals surface area (Å²) in [4.78, 5) is 7.33. The number of rotatable bonds is 5. The number of aryl methyl sites for hydroxylation is 1. The van der Waals surface area contributed by atoms with E-state index in [0.29, 0.717) is 0 Å². The van der Waals surface area contributed by atoms with E-state index in [1.54, 1.807) is 0 Å². The van der Waals surface area contributed by atoms with Crippen molar-refractivity contribution in [3.63, 3.8) is 0 Å². The van der Waals surface area contributed by atoms with Crippen LogP contribution in [0.15, 0.2) is 12.1 Å². The summed E-state index contributed by atoms with van der Waals surface area (Å²) in [6.07, 6.45) is 4.89. The third kappa shape index (κ3) is 3.93. The van der Waals surface area contributed by atoms with Crippen LogP contribution in [0.4, 0.5) is 5.82 Å². The van der Waals surface area contributed by atoms with E-state index in [0.717, 1.165) is 38.4 Å². The van der Waals surface area contributed by atoms with Crippen LogP contribution in [0.2, 0.25) is 0 Å². The van der Waals surface area contributed by atoms with Gasteiger partial charge in [-0.15, -0.1) is 0 Å². The first-order valence-corrected chi connectivity index (χ1v) is 7.62. The Morgan fingerprint density at radius 1 is 1.42 bits per heavy atom. The molecule has 1 aromatic heterocycles. The maximum absolute atomic E-state index is 4.86. The Bertz CT molecular complexity index is 379. The number of anilines is 1. The number of piperidine rings is 1. The molecule has 2 rings (SSSR count). The highest BCUT2D eigenvalue weighted by Crippen LogP contribution is 2.23. The monoisotopic (exact) mass is 261 g/mol. The van der Waals surface area contributed by atoms with Gasteiger partial charge in [-0.1, -0.05) is 20.3 Å². The molecule has 1 N–H and O–H groups in total. The van der Waals surface area contributed by atoms with Gasteiger partial charge in [-0.3, -0.25) is 0 Å². The van der Waals surface area contributed by atoms with E-state index in [1.807, 2.05) is 7.05 Å². The average Bonchev–Trinajstić information content (AvgIpc) is 2.39. The number of pyridine rings is 1. The van der Waals surface area contributed by atoms with Crippen LogP contribution in [0, 0.1) is 5.92 Å². The Kier molecular flexibility index (Phi) is 5.20. The van der Waals surface area contributed by atoms with E-state index in [-0.39, 0.29) is 0 Å². The molecule has 0 aromatic carbocycles. The summed E-state index contributed by atoms with van der Waals surface area (Å²) in [5, 5.41) is 3.25. The maximum atomic E-state index is 4.86. The van der Waals surface area contributed by atoms with Crippen molar-refractivity contribution in [3.05, 3.63) is 23.4 Å². The van der Waals surface area contributed by atoms with E-state index in [1.165, 1.54) is 29.9 Å². The normalized spacial score (nSPS) is 19.7. The first-order chi connectivity index (χ1) is 9.22. The van der Waals surface area contributed by atoms with E-state index < -0.39 is 0 Å². The maximum Gasteiger partial charge on any atom is 0.129 e. The second-order valence-electron chi connectivity index (χ2n) is 5.80. The molecule has 0 amide bonds. The third-order valence-electron chi connectivity index (χ3n) is 3.79. The van der Waals surface area contributed by atoms with Gasteiger partial charge in [0.2, 0.25) is 0 Å². The fraction of sp³-hybridized carbons (Fsp3) is 0.688. The lowest BCUT2D eigenvalue weighted by molar-refractivity contribution is 0.444. The topological polar surface area (TPSA) is 28.2 Å². The molecule has 106 valence electrons. The lowest BCUT2D eigenvalue weighted by atomic mass is 10.00. The molecule has 0 radical (unpaired) electrons. The van der Waals surface area contributed by atoms with Crippen LogP contribution in [0.25, 0.3) is 0 Å². The largest absolute Gasteiger partial charge is 0.356 e. The minimum atomic E-state index is 0.790. The standard InChI is InChI=1S/C16H27N3/c1-4-6-15-9-14(11-17-3)10-16(18-15)19-8-5-7-13(2)12-19/h9-10,13,17H,4-8,11-12H2,1-3H3. The van der Waals surface area contributed by atoms with Crippen LogP contribution < -0.4 is 10.2 Å². The van der Waals surface area contributed by atoms with Gasteiger partial charge in [0, 0.05) is 25.3 Å². The molecule has 1 fully saturated rings. The number of nitrogens with zero attached hydrogens (tertiary/aromatic N) is 2. The van der Waals surface area contributed by atoms with Crippen LogP contribution >= 0.6 is 0 Å². The van der Waals surface area contributed by atoms with Crippen LogP contribution in [0.1, 0.15) is 44.4 Å². The number of hydrogen-bond acceptors (Lipinski definition) is 3. The zero-order valence-electron chi connectivity index (χ0n) is 12.6. The summed E-state index contributed by atoms with van der Waals surface area (Å²) in [6, 6.07) is 4.50. The van der Waals surface area contributed by atoms with Crippen molar-refractivity contribution in [2.24, 2.45) is 5.92 Å². The SMILES string of the molecule is CCCc1cc(CNC)cc(N2CCCC(C)C2)n1. The molecule has 0 spiro atoms. The van der Waals surface area contributed by atoms with Gasteiger partial charge in [-0.2, -0.15) is 0 Å². The molecule has 1 aromatic rings. The first-order valence-electron chi connectivity index (χ1n) is 7.62. The van der Waals surface area contributed by atoms with E-state index in [4.69, 9.17) is 4.98 Å². The Morgan fingerprint density at radius 2 is 2.26 bits per heavy atom. The zero-order valence-corrected chi connectivity index (χ0v) is 12.6. The van der Waals surface area contributed by atoms with Gasteiger partial charge in [0.05, 0.1) is 0 Å². The molecule has 2 heterocycles. The third-order valence-corrected chi connectivity index (χ3v) is 3.79. The molecule has 0 aliphatic carbocycles. The van der Waals surface area contributed by atoms with Crippen molar-refractivity contribution in [3.8, 4) is 0 Å². The predicted molar refractivity (Wildman–Crippen MR) is 81.6 cm³/mol. The van der Waals surface area contributed by atoms with E-state index >= 15 is 0 Å². The molecule has 0 saturated carbocycles. The van der Waals surface area contributed by atoms with Crippen LogP contribution in [0.3, 0.4) is 0 Å². The quantitative estimate of drug-likeness (QED) is 0.883. The summed E-state index contributed by atoms with van der Waals surface area (Å²) in [5.41, 5.74) is 2.60. The van der Waals surface area contributed by atoms with Crippen molar-refractivity contribution >= 4 is 5.82 Å². The van der Waals surface area contributed by atoms with Crippen LogP contribution in [-0.4, -0.2) is 25.1 Å². The molecule has 1 atom stereocenters. The molecular weight excluding hydrogens is 234 g/mol. The molecule has 1 aliphatic rings. The van der Waals surface area contributed by atoms with Crippen molar-refractivity contribution in [1.29, 1.82) is 0 Å². The minimum absolute atomic E-state index is 0.790. The zero-order chi connectivity index (χ0) is 13.7. The van der Waals surface area contributed by atoms with Crippen molar-refractivity contribution in [1.82, 2.24) is 10.3 Å². The summed E-state index contributed by atoms with van der Waals surface area (Å²) in [5.74, 6) is 1.97. The predicted octanol–water partition coefficient (Wildman–Crippen LogP) is 2.99. The van der Waals surface area contributed by atoms with Crippen LogP contribution in [-0.2, 0) is 13.0 Å². The van der Waals surface area contributed by atoms with Crippen molar-refractivity contribution in [2.75, 3.05) is 25.0 Å². The number of nitrogens with one attached hydrogen (secondary N) is 1. The Morgan fingerprint density at radius 3 is 2.95 bits per heavy atom. The summed E-state index contributed by atoms with van der Waals surface area (Å²) in [7, 11) is 2.00. The summed E-state index contributed by atoms with van der Waals surface area (Å²) < 4.78 is 0. The highest BCUT2D eigenvalue weighted by Gasteiger charge is 2.18. The minimum Gasteiger partial charge on any atom is -0.356 e. The van der Waals surface area contributed by atoms with E-state index in [2.05, 4.69) is 36.2 Å². The molecule has 1 saturated heterocycles.